The Bertz CT molecular complexity index is 1160. The summed E-state index contributed by atoms with van der Waals surface area (Å²) in [7, 11) is -3.61. The summed E-state index contributed by atoms with van der Waals surface area (Å²) in [6.07, 6.45) is 1.28. The van der Waals surface area contributed by atoms with Gasteiger partial charge in [0, 0.05) is 18.1 Å². The normalized spacial score (nSPS) is 18.1. The minimum Gasteiger partial charge on any atom is -0.302 e. The molecule has 1 aliphatic rings. The number of halogens is 1. The molecule has 1 aromatic heterocycles. The Kier molecular flexibility index (Phi) is 5.61. The molecule has 0 spiro atoms. The van der Waals surface area contributed by atoms with Crippen LogP contribution in [0.3, 0.4) is 0 Å². The van der Waals surface area contributed by atoms with Gasteiger partial charge in [-0.3, -0.25) is 4.79 Å². The number of hydrogen-bond acceptors (Lipinski definition) is 5. The fourth-order valence-corrected chi connectivity index (χ4v) is 6.10. The number of fused-ring (bicyclic) bond motifs is 1. The molecule has 4 rings (SSSR count). The standard InChI is InChI=1S/C20H20ClN3O3S2/c1-13-16(21)9-10-17-18(13)22-20(28-17)23-19(25)14-6-5-11-24(12-14)29(26,27)15-7-3-2-4-8-15/h2-4,7-10,14H,5-6,11-12H2,1H3,(H,22,23,25). The summed E-state index contributed by atoms with van der Waals surface area (Å²) < 4.78 is 28.1. The number of carbonyl (C=O) groups excluding carboxylic acids is 1. The molecule has 1 unspecified atom stereocenters. The second-order valence-electron chi connectivity index (χ2n) is 7.04. The molecule has 3 aromatic rings. The zero-order valence-electron chi connectivity index (χ0n) is 15.8. The number of piperidine rings is 1. The molecule has 0 radical (unpaired) electrons. The maximum absolute atomic E-state index is 12.9. The van der Waals surface area contributed by atoms with Crippen LogP contribution in [0.25, 0.3) is 10.2 Å². The van der Waals surface area contributed by atoms with Crippen LogP contribution in [0.15, 0.2) is 47.4 Å². The van der Waals surface area contributed by atoms with E-state index in [2.05, 4.69) is 10.3 Å². The third-order valence-electron chi connectivity index (χ3n) is 5.11. The Labute approximate surface area is 178 Å². The van der Waals surface area contributed by atoms with Gasteiger partial charge in [0.1, 0.15) is 0 Å². The first-order valence-electron chi connectivity index (χ1n) is 9.28. The lowest BCUT2D eigenvalue weighted by Gasteiger charge is -2.31. The van der Waals surface area contributed by atoms with Crippen molar-refractivity contribution in [3.05, 3.63) is 53.1 Å². The lowest BCUT2D eigenvalue weighted by molar-refractivity contribution is -0.120. The second kappa shape index (κ2) is 8.02. The van der Waals surface area contributed by atoms with E-state index in [1.54, 1.807) is 30.3 Å². The summed E-state index contributed by atoms with van der Waals surface area (Å²) in [6.45, 7) is 2.47. The van der Waals surface area contributed by atoms with Crippen molar-refractivity contribution in [2.24, 2.45) is 5.92 Å². The Morgan fingerprint density at radius 1 is 1.24 bits per heavy atom. The molecule has 152 valence electrons. The molecule has 0 bridgehead atoms. The molecule has 29 heavy (non-hydrogen) atoms. The van der Waals surface area contributed by atoms with Crippen molar-refractivity contribution in [1.82, 2.24) is 9.29 Å². The molecule has 1 aliphatic heterocycles. The number of amides is 1. The number of rotatable bonds is 4. The molecule has 1 saturated heterocycles. The number of aryl methyl sites for hydroxylation is 1. The molecule has 0 aliphatic carbocycles. The molecule has 1 fully saturated rings. The first kappa shape index (κ1) is 20.3. The molecule has 6 nitrogen and oxygen atoms in total. The van der Waals surface area contributed by atoms with E-state index < -0.39 is 15.9 Å². The summed E-state index contributed by atoms with van der Waals surface area (Å²) in [5.41, 5.74) is 1.65. The number of benzene rings is 2. The largest absolute Gasteiger partial charge is 0.302 e. The van der Waals surface area contributed by atoms with E-state index in [1.807, 2.05) is 19.1 Å². The smallest absolute Gasteiger partial charge is 0.243 e. The predicted octanol–water partition coefficient (Wildman–Crippen LogP) is 4.30. The van der Waals surface area contributed by atoms with E-state index in [1.165, 1.54) is 15.6 Å². The van der Waals surface area contributed by atoms with Crippen molar-refractivity contribution in [2.75, 3.05) is 18.4 Å². The van der Waals surface area contributed by atoms with Crippen molar-refractivity contribution < 1.29 is 13.2 Å². The predicted molar refractivity (Wildman–Crippen MR) is 116 cm³/mol. The highest BCUT2D eigenvalue weighted by Crippen LogP contribution is 2.32. The zero-order valence-corrected chi connectivity index (χ0v) is 18.1. The fraction of sp³-hybridized carbons (Fsp3) is 0.300. The van der Waals surface area contributed by atoms with Crippen molar-refractivity contribution >= 4 is 54.2 Å². The van der Waals surface area contributed by atoms with E-state index in [-0.39, 0.29) is 17.3 Å². The minimum absolute atomic E-state index is 0.165. The number of thiazole rings is 1. The van der Waals surface area contributed by atoms with Gasteiger partial charge >= 0.3 is 0 Å². The average molecular weight is 450 g/mol. The van der Waals surface area contributed by atoms with Crippen LogP contribution in [-0.2, 0) is 14.8 Å². The number of sulfonamides is 1. The van der Waals surface area contributed by atoms with Crippen molar-refractivity contribution in [3.63, 3.8) is 0 Å². The Balaban J connectivity index is 1.50. The summed E-state index contributed by atoms with van der Waals surface area (Å²) in [4.78, 5) is 17.6. The summed E-state index contributed by atoms with van der Waals surface area (Å²) in [5.74, 6) is -0.625. The molecular formula is C20H20ClN3O3S2. The topological polar surface area (TPSA) is 79.4 Å². The van der Waals surface area contributed by atoms with Gasteiger partial charge in [-0.1, -0.05) is 41.1 Å². The van der Waals surface area contributed by atoms with Gasteiger partial charge in [-0.25, -0.2) is 13.4 Å². The highest BCUT2D eigenvalue weighted by Gasteiger charge is 2.33. The van der Waals surface area contributed by atoms with E-state index in [9.17, 15) is 13.2 Å². The maximum atomic E-state index is 12.9. The third kappa shape index (κ3) is 4.02. The van der Waals surface area contributed by atoms with Crippen LogP contribution in [0.1, 0.15) is 18.4 Å². The van der Waals surface area contributed by atoms with E-state index >= 15 is 0 Å². The number of nitrogens with zero attached hydrogens (tertiary/aromatic N) is 2. The number of nitrogens with one attached hydrogen (secondary N) is 1. The number of aromatic nitrogens is 1. The van der Waals surface area contributed by atoms with Crippen molar-refractivity contribution in [3.8, 4) is 0 Å². The van der Waals surface area contributed by atoms with E-state index in [0.29, 0.717) is 29.5 Å². The number of anilines is 1. The monoisotopic (exact) mass is 449 g/mol. The van der Waals surface area contributed by atoms with Crippen molar-refractivity contribution in [1.29, 1.82) is 0 Å². The van der Waals surface area contributed by atoms with Gasteiger partial charge in [-0.15, -0.1) is 0 Å². The van der Waals surface area contributed by atoms with Crippen LogP contribution in [0.2, 0.25) is 5.02 Å². The van der Waals surface area contributed by atoms with Crippen LogP contribution in [0, 0.1) is 12.8 Å². The lowest BCUT2D eigenvalue weighted by atomic mass is 9.99. The molecule has 0 saturated carbocycles. The van der Waals surface area contributed by atoms with Gasteiger partial charge in [0.05, 0.1) is 21.0 Å². The lowest BCUT2D eigenvalue weighted by Crippen LogP contribution is -2.43. The van der Waals surface area contributed by atoms with E-state index in [4.69, 9.17) is 11.6 Å². The first-order chi connectivity index (χ1) is 13.9. The number of hydrogen-bond donors (Lipinski definition) is 1. The summed E-state index contributed by atoms with van der Waals surface area (Å²) >= 11 is 7.53. The minimum atomic E-state index is -3.61. The number of carbonyl (C=O) groups is 1. The summed E-state index contributed by atoms with van der Waals surface area (Å²) in [5, 5.41) is 4.00. The molecule has 1 atom stereocenters. The molecular weight excluding hydrogens is 430 g/mol. The first-order valence-corrected chi connectivity index (χ1v) is 11.9. The SMILES string of the molecule is Cc1c(Cl)ccc2sc(NC(=O)C3CCCN(S(=O)(=O)c4ccccc4)C3)nc12. The average Bonchev–Trinajstić information content (AvgIpc) is 3.15. The Morgan fingerprint density at radius 3 is 2.76 bits per heavy atom. The Hall–Kier alpha value is -2.00. The molecule has 2 heterocycles. The molecule has 1 N–H and O–H groups in total. The van der Waals surface area contributed by atoms with Crippen LogP contribution in [-0.4, -0.2) is 36.7 Å². The second-order valence-corrected chi connectivity index (χ2v) is 10.4. The van der Waals surface area contributed by atoms with Crippen molar-refractivity contribution in [2.45, 2.75) is 24.7 Å². The van der Waals surface area contributed by atoms with Gasteiger partial charge in [-0.2, -0.15) is 4.31 Å². The summed E-state index contributed by atoms with van der Waals surface area (Å²) in [6, 6.07) is 12.0. The van der Waals surface area contributed by atoms with Gasteiger partial charge in [0.2, 0.25) is 15.9 Å². The third-order valence-corrected chi connectivity index (χ3v) is 8.34. The molecule has 9 heteroatoms. The van der Waals surface area contributed by atoms with Crippen LogP contribution in [0.4, 0.5) is 5.13 Å². The fourth-order valence-electron chi connectivity index (χ4n) is 3.48. The van der Waals surface area contributed by atoms with Crippen LogP contribution >= 0.6 is 22.9 Å². The van der Waals surface area contributed by atoms with Crippen LogP contribution < -0.4 is 5.32 Å². The highest BCUT2D eigenvalue weighted by atomic mass is 35.5. The van der Waals surface area contributed by atoms with Gasteiger partial charge in [-0.05, 0) is 49.6 Å². The zero-order chi connectivity index (χ0) is 20.6. The van der Waals surface area contributed by atoms with Gasteiger partial charge < -0.3 is 5.32 Å². The maximum Gasteiger partial charge on any atom is 0.243 e. The van der Waals surface area contributed by atoms with Gasteiger partial charge in [0.15, 0.2) is 5.13 Å². The molecule has 1 amide bonds. The molecule has 2 aromatic carbocycles. The van der Waals surface area contributed by atoms with Gasteiger partial charge in [0.25, 0.3) is 0 Å². The quantitative estimate of drug-likeness (QED) is 0.644. The highest BCUT2D eigenvalue weighted by molar-refractivity contribution is 7.89. The Morgan fingerprint density at radius 2 is 2.00 bits per heavy atom. The van der Waals surface area contributed by atoms with Crippen LogP contribution in [0.5, 0.6) is 0 Å². The van der Waals surface area contributed by atoms with E-state index in [0.717, 1.165) is 15.8 Å².